The van der Waals surface area contributed by atoms with Crippen LogP contribution >= 0.6 is 0 Å². The molecule has 5 nitrogen and oxygen atoms in total. The van der Waals surface area contributed by atoms with Crippen molar-refractivity contribution in [1.29, 1.82) is 0 Å². The molecule has 0 saturated carbocycles. The number of ether oxygens (including phenoxy) is 1. The number of benzene rings is 1. The van der Waals surface area contributed by atoms with Gasteiger partial charge in [0.05, 0.1) is 6.21 Å². The number of carbonyl (C=O) groups is 1. The highest BCUT2D eigenvalue weighted by molar-refractivity contribution is 5.91. The molecule has 1 aromatic rings. The zero-order valence-electron chi connectivity index (χ0n) is 8.16. The molecule has 1 unspecified atom stereocenters. The molecule has 0 fully saturated rings. The van der Waals surface area contributed by atoms with E-state index in [1.807, 2.05) is 6.07 Å². The van der Waals surface area contributed by atoms with E-state index in [4.69, 9.17) is 9.84 Å². The quantitative estimate of drug-likeness (QED) is 0.583. The topological polar surface area (TPSA) is 68.1 Å². The van der Waals surface area contributed by atoms with E-state index in [0.717, 1.165) is 6.21 Å². The lowest BCUT2D eigenvalue weighted by atomic mass is 10.3. The number of nitrogens with zero attached hydrogens (tertiary/aromatic N) is 1. The summed E-state index contributed by atoms with van der Waals surface area (Å²) >= 11 is 0. The van der Waals surface area contributed by atoms with Gasteiger partial charge in [-0.1, -0.05) is 23.4 Å². The number of rotatable bonds is 5. The molecule has 1 aromatic carbocycles. The molecule has 1 N–H and O–H groups in total. The van der Waals surface area contributed by atoms with Gasteiger partial charge in [0.2, 0.25) is 6.10 Å². The molecule has 1 rings (SSSR count). The minimum atomic E-state index is -1.15. The van der Waals surface area contributed by atoms with Crippen molar-refractivity contribution in [2.45, 2.75) is 6.10 Å². The minimum Gasteiger partial charge on any atom is -0.478 e. The van der Waals surface area contributed by atoms with Gasteiger partial charge in [-0.2, -0.15) is 0 Å². The van der Waals surface area contributed by atoms with Gasteiger partial charge in [-0.3, -0.25) is 0 Å². The van der Waals surface area contributed by atoms with Crippen LogP contribution in [0.5, 0.6) is 5.75 Å². The first-order valence-corrected chi connectivity index (χ1v) is 4.25. The van der Waals surface area contributed by atoms with Crippen molar-refractivity contribution >= 4 is 12.2 Å². The van der Waals surface area contributed by atoms with Crippen molar-refractivity contribution in [3.05, 3.63) is 30.3 Å². The maximum Gasteiger partial charge on any atom is 0.350 e. The van der Waals surface area contributed by atoms with Crippen molar-refractivity contribution in [3.63, 3.8) is 0 Å². The third-order valence-electron chi connectivity index (χ3n) is 1.55. The second kappa shape index (κ2) is 5.64. The summed E-state index contributed by atoms with van der Waals surface area (Å²) < 4.78 is 5.15. The molecule has 0 aliphatic carbocycles. The van der Waals surface area contributed by atoms with Gasteiger partial charge >= 0.3 is 5.97 Å². The Morgan fingerprint density at radius 2 is 2.13 bits per heavy atom. The number of para-hydroxylation sites is 1. The smallest absolute Gasteiger partial charge is 0.350 e. The fourth-order valence-corrected chi connectivity index (χ4v) is 0.906. The standard InChI is InChI=1S/C10H11NO4/c1-14-11-7-9(10(12)13)15-8-5-3-2-4-6-8/h2-7,9H,1H3,(H,12,13)/b11-7+. The minimum absolute atomic E-state index is 0.465. The van der Waals surface area contributed by atoms with Gasteiger partial charge in [0.15, 0.2) is 0 Å². The summed E-state index contributed by atoms with van der Waals surface area (Å²) in [5.41, 5.74) is 0. The fraction of sp³-hybridized carbons (Fsp3) is 0.200. The zero-order chi connectivity index (χ0) is 11.1. The summed E-state index contributed by atoms with van der Waals surface area (Å²) in [6.07, 6.45) is -0.0673. The Morgan fingerprint density at radius 1 is 1.47 bits per heavy atom. The summed E-state index contributed by atoms with van der Waals surface area (Å²) in [4.78, 5) is 15.1. The molecule has 80 valence electrons. The van der Waals surface area contributed by atoms with E-state index in [-0.39, 0.29) is 0 Å². The van der Waals surface area contributed by atoms with E-state index >= 15 is 0 Å². The highest BCUT2D eigenvalue weighted by Gasteiger charge is 2.16. The number of carboxylic acid groups (broad SMARTS) is 1. The van der Waals surface area contributed by atoms with Gasteiger partial charge in [-0.05, 0) is 12.1 Å². The van der Waals surface area contributed by atoms with Crippen LogP contribution in [-0.4, -0.2) is 30.5 Å². The van der Waals surface area contributed by atoms with Crippen LogP contribution in [0.3, 0.4) is 0 Å². The number of hydrogen-bond acceptors (Lipinski definition) is 4. The van der Waals surface area contributed by atoms with E-state index < -0.39 is 12.1 Å². The summed E-state index contributed by atoms with van der Waals surface area (Å²) in [6.45, 7) is 0. The van der Waals surface area contributed by atoms with Gasteiger partial charge < -0.3 is 14.7 Å². The van der Waals surface area contributed by atoms with Gasteiger partial charge in [0, 0.05) is 0 Å². The predicted octanol–water partition coefficient (Wildman–Crippen LogP) is 1.15. The molecule has 0 heterocycles. The van der Waals surface area contributed by atoms with Crippen molar-refractivity contribution in [2.75, 3.05) is 7.11 Å². The molecular formula is C10H11NO4. The summed E-state index contributed by atoms with van der Waals surface area (Å²) in [7, 11) is 1.33. The summed E-state index contributed by atoms with van der Waals surface area (Å²) in [5, 5.41) is 12.1. The van der Waals surface area contributed by atoms with Crippen LogP contribution in [0.1, 0.15) is 0 Å². The molecule has 0 bridgehead atoms. The molecule has 5 heteroatoms. The highest BCUT2D eigenvalue weighted by Crippen LogP contribution is 2.10. The van der Waals surface area contributed by atoms with E-state index in [1.54, 1.807) is 24.3 Å². The molecule has 0 radical (unpaired) electrons. The van der Waals surface area contributed by atoms with Crippen LogP contribution in [0, 0.1) is 0 Å². The molecule has 0 saturated heterocycles. The first-order valence-electron chi connectivity index (χ1n) is 4.25. The van der Waals surface area contributed by atoms with Crippen LogP contribution in [0.15, 0.2) is 35.5 Å². The molecule has 0 amide bonds. The maximum absolute atomic E-state index is 10.7. The Bertz CT molecular complexity index is 337. The van der Waals surface area contributed by atoms with Crippen LogP contribution in [0.4, 0.5) is 0 Å². The number of aliphatic carboxylic acids is 1. The van der Waals surface area contributed by atoms with E-state index in [2.05, 4.69) is 9.99 Å². The maximum atomic E-state index is 10.7. The lowest BCUT2D eigenvalue weighted by molar-refractivity contribution is -0.141. The second-order valence-corrected chi connectivity index (χ2v) is 2.63. The van der Waals surface area contributed by atoms with Gasteiger partial charge in [-0.15, -0.1) is 0 Å². The average Bonchev–Trinajstić information content (AvgIpc) is 2.25. The number of hydrogen-bond donors (Lipinski definition) is 1. The van der Waals surface area contributed by atoms with Crippen LogP contribution in [0.2, 0.25) is 0 Å². The third kappa shape index (κ3) is 3.68. The molecule has 0 aliphatic rings. The average molecular weight is 209 g/mol. The Kier molecular flexibility index (Phi) is 4.15. The van der Waals surface area contributed by atoms with Crippen molar-refractivity contribution in [2.24, 2.45) is 5.16 Å². The third-order valence-corrected chi connectivity index (χ3v) is 1.55. The van der Waals surface area contributed by atoms with Gasteiger partial charge in [0.25, 0.3) is 0 Å². The predicted molar refractivity (Wildman–Crippen MR) is 54.0 cm³/mol. The van der Waals surface area contributed by atoms with Crippen molar-refractivity contribution in [1.82, 2.24) is 0 Å². The molecule has 0 spiro atoms. The molecule has 1 atom stereocenters. The van der Waals surface area contributed by atoms with Crippen LogP contribution in [-0.2, 0) is 9.63 Å². The second-order valence-electron chi connectivity index (χ2n) is 2.63. The van der Waals surface area contributed by atoms with E-state index in [0.29, 0.717) is 5.75 Å². The zero-order valence-corrected chi connectivity index (χ0v) is 8.16. The van der Waals surface area contributed by atoms with E-state index in [1.165, 1.54) is 7.11 Å². The Morgan fingerprint density at radius 3 is 2.67 bits per heavy atom. The SMILES string of the molecule is CO/N=C/C(Oc1ccccc1)C(=O)O. The van der Waals surface area contributed by atoms with Crippen LogP contribution < -0.4 is 4.74 Å². The van der Waals surface area contributed by atoms with E-state index in [9.17, 15) is 4.79 Å². The Labute approximate surface area is 86.9 Å². The summed E-state index contributed by atoms with van der Waals surface area (Å²) in [5.74, 6) is -0.660. The number of oxime groups is 1. The first kappa shape index (κ1) is 11.0. The summed E-state index contributed by atoms with van der Waals surface area (Å²) in [6, 6.07) is 8.64. The Balaban J connectivity index is 2.67. The number of carboxylic acids is 1. The normalized spacial score (nSPS) is 12.3. The largest absolute Gasteiger partial charge is 0.478 e. The van der Waals surface area contributed by atoms with Crippen molar-refractivity contribution < 1.29 is 19.5 Å². The van der Waals surface area contributed by atoms with Gasteiger partial charge in [0.1, 0.15) is 12.9 Å². The molecular weight excluding hydrogens is 198 g/mol. The Hall–Kier alpha value is -2.04. The lowest BCUT2D eigenvalue weighted by Gasteiger charge is -2.09. The monoisotopic (exact) mass is 209 g/mol. The fourth-order valence-electron chi connectivity index (χ4n) is 0.906. The first-order chi connectivity index (χ1) is 7.24. The molecule has 0 aliphatic heterocycles. The van der Waals surface area contributed by atoms with Crippen molar-refractivity contribution in [3.8, 4) is 5.75 Å². The van der Waals surface area contributed by atoms with Crippen LogP contribution in [0.25, 0.3) is 0 Å². The highest BCUT2D eigenvalue weighted by atomic mass is 16.6. The molecule has 15 heavy (non-hydrogen) atoms. The van der Waals surface area contributed by atoms with Gasteiger partial charge in [-0.25, -0.2) is 4.79 Å². The lowest BCUT2D eigenvalue weighted by Crippen LogP contribution is -2.28. The molecule has 0 aromatic heterocycles.